The summed E-state index contributed by atoms with van der Waals surface area (Å²) in [7, 11) is 1.72. The molecule has 88 valence electrons. The van der Waals surface area contributed by atoms with E-state index in [0.29, 0.717) is 24.6 Å². The molecule has 4 heteroatoms. The van der Waals surface area contributed by atoms with Crippen LogP contribution in [-0.4, -0.2) is 37.7 Å². The molecule has 0 bridgehead atoms. The number of nitrogens with one attached hydrogen (secondary N) is 2. The van der Waals surface area contributed by atoms with Gasteiger partial charge in [0.15, 0.2) is 0 Å². The minimum Gasteiger partial charge on any atom is -0.381 e. The smallest absolute Gasteiger partial charge is 0.221 e. The second kappa shape index (κ2) is 6.08. The summed E-state index contributed by atoms with van der Waals surface area (Å²) in [6.07, 6.45) is 2.83. The van der Waals surface area contributed by atoms with Crippen molar-refractivity contribution >= 4 is 5.91 Å². The zero-order valence-electron chi connectivity index (χ0n) is 9.88. The monoisotopic (exact) mass is 214 g/mol. The third-order valence-electron chi connectivity index (χ3n) is 2.70. The molecule has 0 saturated heterocycles. The van der Waals surface area contributed by atoms with Crippen LogP contribution in [0.1, 0.15) is 33.1 Å². The third kappa shape index (κ3) is 4.62. The molecule has 0 atom stereocenters. The zero-order chi connectivity index (χ0) is 11.3. The number of hydrogen-bond donors (Lipinski definition) is 2. The van der Waals surface area contributed by atoms with Crippen LogP contribution in [0.5, 0.6) is 0 Å². The van der Waals surface area contributed by atoms with Gasteiger partial charge >= 0.3 is 0 Å². The molecule has 0 unspecified atom stereocenters. The molecule has 0 spiro atoms. The number of rotatable bonds is 6. The fraction of sp³-hybridized carbons (Fsp3) is 0.909. The maximum Gasteiger partial charge on any atom is 0.221 e. The van der Waals surface area contributed by atoms with Crippen molar-refractivity contribution in [2.75, 3.05) is 13.7 Å². The molecular formula is C11H22N2O2. The van der Waals surface area contributed by atoms with Crippen LogP contribution in [0.25, 0.3) is 0 Å². The average molecular weight is 214 g/mol. The molecule has 1 fully saturated rings. The molecule has 0 aliphatic heterocycles. The molecule has 0 aromatic heterocycles. The summed E-state index contributed by atoms with van der Waals surface area (Å²) in [4.78, 5) is 11.4. The summed E-state index contributed by atoms with van der Waals surface area (Å²) in [6, 6.07) is 0.779. The molecule has 4 nitrogen and oxygen atoms in total. The Bertz CT molecular complexity index is 201. The highest BCUT2D eigenvalue weighted by atomic mass is 16.5. The molecule has 2 N–H and O–H groups in total. The number of carbonyl (C=O) groups excluding carboxylic acids is 1. The van der Waals surface area contributed by atoms with Crippen molar-refractivity contribution in [3.05, 3.63) is 0 Å². The predicted octanol–water partition coefficient (Wildman–Crippen LogP) is 0.668. The molecule has 1 aliphatic carbocycles. The minimum absolute atomic E-state index is 0.141. The molecule has 0 heterocycles. The largest absolute Gasteiger partial charge is 0.381 e. The average Bonchev–Trinajstić information content (AvgIpc) is 2.09. The lowest BCUT2D eigenvalue weighted by Crippen LogP contribution is -2.48. The van der Waals surface area contributed by atoms with Gasteiger partial charge in [-0.25, -0.2) is 0 Å². The lowest BCUT2D eigenvalue weighted by Gasteiger charge is -2.34. The highest BCUT2D eigenvalue weighted by Crippen LogP contribution is 2.22. The van der Waals surface area contributed by atoms with Crippen LogP contribution in [-0.2, 0) is 9.53 Å². The van der Waals surface area contributed by atoms with E-state index in [-0.39, 0.29) is 5.91 Å². The highest BCUT2D eigenvalue weighted by Gasteiger charge is 2.29. The van der Waals surface area contributed by atoms with Gasteiger partial charge in [-0.2, -0.15) is 0 Å². The summed E-state index contributed by atoms with van der Waals surface area (Å²) in [5.41, 5.74) is 0. The van der Waals surface area contributed by atoms with E-state index >= 15 is 0 Å². The van der Waals surface area contributed by atoms with Gasteiger partial charge in [-0.05, 0) is 12.8 Å². The Hall–Kier alpha value is -0.610. The summed E-state index contributed by atoms with van der Waals surface area (Å²) >= 11 is 0. The van der Waals surface area contributed by atoms with E-state index in [2.05, 4.69) is 24.5 Å². The van der Waals surface area contributed by atoms with Crippen molar-refractivity contribution in [3.63, 3.8) is 0 Å². The van der Waals surface area contributed by atoms with Gasteiger partial charge in [-0.3, -0.25) is 4.79 Å². The van der Waals surface area contributed by atoms with Gasteiger partial charge in [0.2, 0.25) is 5.91 Å². The molecule has 0 radical (unpaired) electrons. The fourth-order valence-electron chi connectivity index (χ4n) is 1.65. The van der Waals surface area contributed by atoms with Gasteiger partial charge in [-0.15, -0.1) is 0 Å². The normalized spacial score (nSPS) is 25.1. The van der Waals surface area contributed by atoms with Crippen molar-refractivity contribution in [2.45, 2.75) is 51.3 Å². The first-order valence-electron chi connectivity index (χ1n) is 5.67. The molecule has 1 rings (SSSR count). The molecule has 1 saturated carbocycles. The Morgan fingerprint density at radius 3 is 2.67 bits per heavy atom. The Kier molecular flexibility index (Phi) is 5.05. The number of ether oxygens (including phenoxy) is 1. The standard InChI is InChI=1S/C11H22N2O2/c1-8(2)12-5-4-11(14)13-9-6-10(7-9)15-3/h8-10,12H,4-7H2,1-3H3,(H,13,14). The van der Waals surface area contributed by atoms with Crippen LogP contribution < -0.4 is 10.6 Å². The lowest BCUT2D eigenvalue weighted by molar-refractivity contribution is -0.123. The highest BCUT2D eigenvalue weighted by molar-refractivity contribution is 5.76. The van der Waals surface area contributed by atoms with E-state index in [0.717, 1.165) is 19.4 Å². The third-order valence-corrected chi connectivity index (χ3v) is 2.70. The van der Waals surface area contributed by atoms with Crippen LogP contribution >= 0.6 is 0 Å². The van der Waals surface area contributed by atoms with Crippen LogP contribution in [0.15, 0.2) is 0 Å². The van der Waals surface area contributed by atoms with E-state index in [1.807, 2.05) is 0 Å². The molecule has 0 aromatic carbocycles. The second-order valence-electron chi connectivity index (χ2n) is 4.45. The maximum absolute atomic E-state index is 11.4. The summed E-state index contributed by atoms with van der Waals surface area (Å²) < 4.78 is 5.15. The number of methoxy groups -OCH3 is 1. The van der Waals surface area contributed by atoms with E-state index in [9.17, 15) is 4.79 Å². The van der Waals surface area contributed by atoms with Gasteiger partial charge < -0.3 is 15.4 Å². The SMILES string of the molecule is COC1CC(NC(=O)CCNC(C)C)C1. The van der Waals surface area contributed by atoms with E-state index in [1.54, 1.807) is 7.11 Å². The summed E-state index contributed by atoms with van der Waals surface area (Å²) in [6.45, 7) is 4.91. The van der Waals surface area contributed by atoms with Crippen molar-refractivity contribution in [2.24, 2.45) is 0 Å². The topological polar surface area (TPSA) is 50.4 Å². The summed E-state index contributed by atoms with van der Waals surface area (Å²) in [5.74, 6) is 0.141. The van der Waals surface area contributed by atoms with Crippen LogP contribution in [0.3, 0.4) is 0 Å². The first-order valence-corrected chi connectivity index (χ1v) is 5.67. The maximum atomic E-state index is 11.4. The van der Waals surface area contributed by atoms with Crippen molar-refractivity contribution in [1.82, 2.24) is 10.6 Å². The van der Waals surface area contributed by atoms with Gasteiger partial charge in [0, 0.05) is 32.2 Å². The molecule has 1 amide bonds. The van der Waals surface area contributed by atoms with Gasteiger partial charge in [0.05, 0.1) is 6.10 Å². The minimum atomic E-state index is 0.141. The summed E-state index contributed by atoms with van der Waals surface area (Å²) in [5, 5.41) is 6.22. The second-order valence-corrected chi connectivity index (χ2v) is 4.45. The van der Waals surface area contributed by atoms with Crippen LogP contribution in [0, 0.1) is 0 Å². The Labute approximate surface area is 91.8 Å². The molecule has 0 aromatic rings. The van der Waals surface area contributed by atoms with Crippen molar-refractivity contribution in [1.29, 1.82) is 0 Å². The Morgan fingerprint density at radius 1 is 1.47 bits per heavy atom. The number of amides is 1. The van der Waals surface area contributed by atoms with Crippen molar-refractivity contribution in [3.8, 4) is 0 Å². The first kappa shape index (κ1) is 12.5. The fourth-order valence-corrected chi connectivity index (χ4v) is 1.65. The predicted molar refractivity (Wildman–Crippen MR) is 59.7 cm³/mol. The van der Waals surface area contributed by atoms with E-state index in [1.165, 1.54) is 0 Å². The van der Waals surface area contributed by atoms with Gasteiger partial charge in [0.25, 0.3) is 0 Å². The first-order chi connectivity index (χ1) is 7.11. The van der Waals surface area contributed by atoms with E-state index in [4.69, 9.17) is 4.74 Å². The van der Waals surface area contributed by atoms with Gasteiger partial charge in [0.1, 0.15) is 0 Å². The molecule has 15 heavy (non-hydrogen) atoms. The zero-order valence-corrected chi connectivity index (χ0v) is 9.88. The van der Waals surface area contributed by atoms with Crippen molar-refractivity contribution < 1.29 is 9.53 Å². The number of hydrogen-bond acceptors (Lipinski definition) is 3. The number of carbonyl (C=O) groups is 1. The van der Waals surface area contributed by atoms with Crippen LogP contribution in [0.4, 0.5) is 0 Å². The lowest BCUT2D eigenvalue weighted by atomic mass is 9.89. The van der Waals surface area contributed by atoms with Gasteiger partial charge in [-0.1, -0.05) is 13.8 Å². The molecular weight excluding hydrogens is 192 g/mol. The Morgan fingerprint density at radius 2 is 2.13 bits per heavy atom. The molecule has 1 aliphatic rings. The van der Waals surface area contributed by atoms with E-state index < -0.39 is 0 Å². The Balaban J connectivity index is 2.00. The van der Waals surface area contributed by atoms with Crippen LogP contribution in [0.2, 0.25) is 0 Å². The quantitative estimate of drug-likeness (QED) is 0.683.